The lowest BCUT2D eigenvalue weighted by atomic mass is 10.0. The van der Waals surface area contributed by atoms with Gasteiger partial charge < -0.3 is 4.90 Å². The van der Waals surface area contributed by atoms with Crippen molar-refractivity contribution in [2.45, 2.75) is 12.6 Å². The summed E-state index contributed by atoms with van der Waals surface area (Å²) in [5.74, 6) is 5.78. The van der Waals surface area contributed by atoms with Gasteiger partial charge >= 0.3 is 0 Å². The molecule has 1 heterocycles. The highest BCUT2D eigenvalue weighted by Gasteiger charge is 2.22. The molecule has 0 fully saturated rings. The molecule has 0 saturated carbocycles. The summed E-state index contributed by atoms with van der Waals surface area (Å²) in [5.41, 5.74) is 4.73. The first-order chi connectivity index (χ1) is 10.0. The van der Waals surface area contributed by atoms with Crippen molar-refractivity contribution in [1.29, 1.82) is 0 Å². The number of halogens is 2. The van der Waals surface area contributed by atoms with Crippen LogP contribution in [0.15, 0.2) is 34.9 Å². The molecule has 0 radical (unpaired) electrons. The SMILES string of the molecule is CN(C)CCn1ncc(Cl)c1C(NN)c1ccccc1Br. The lowest BCUT2D eigenvalue weighted by molar-refractivity contribution is 0.365. The minimum atomic E-state index is -0.224. The number of likely N-dealkylation sites (N-methyl/N-ethyl adjacent to an activating group) is 1. The van der Waals surface area contributed by atoms with Crippen molar-refractivity contribution in [3.63, 3.8) is 0 Å². The summed E-state index contributed by atoms with van der Waals surface area (Å²) in [7, 11) is 4.05. The maximum Gasteiger partial charge on any atom is 0.0904 e. The average molecular weight is 373 g/mol. The van der Waals surface area contributed by atoms with E-state index in [2.05, 4.69) is 31.4 Å². The molecule has 1 aromatic heterocycles. The molecule has 0 aliphatic heterocycles. The number of hydrogen-bond donors (Lipinski definition) is 2. The lowest BCUT2D eigenvalue weighted by Gasteiger charge is -2.21. The zero-order valence-electron chi connectivity index (χ0n) is 12.1. The fraction of sp³-hybridized carbons (Fsp3) is 0.357. The molecule has 2 rings (SSSR count). The number of nitrogens with zero attached hydrogens (tertiary/aromatic N) is 3. The van der Waals surface area contributed by atoms with Crippen molar-refractivity contribution in [2.75, 3.05) is 20.6 Å². The Morgan fingerprint density at radius 1 is 1.43 bits per heavy atom. The van der Waals surface area contributed by atoms with Crippen LogP contribution in [-0.4, -0.2) is 35.3 Å². The van der Waals surface area contributed by atoms with Gasteiger partial charge in [-0.05, 0) is 25.7 Å². The molecule has 1 atom stereocenters. The van der Waals surface area contributed by atoms with Crippen LogP contribution in [0.3, 0.4) is 0 Å². The quantitative estimate of drug-likeness (QED) is 0.604. The fourth-order valence-electron chi connectivity index (χ4n) is 2.16. The van der Waals surface area contributed by atoms with E-state index in [4.69, 9.17) is 17.4 Å². The van der Waals surface area contributed by atoms with Crippen molar-refractivity contribution in [2.24, 2.45) is 5.84 Å². The summed E-state index contributed by atoms with van der Waals surface area (Å²) in [4.78, 5) is 2.10. The molecule has 0 amide bonds. The maximum absolute atomic E-state index is 6.33. The predicted octanol–water partition coefficient (Wildman–Crippen LogP) is 2.41. The van der Waals surface area contributed by atoms with Gasteiger partial charge in [0.15, 0.2) is 0 Å². The summed E-state index contributed by atoms with van der Waals surface area (Å²) in [6.45, 7) is 1.62. The molecular weight excluding hydrogens is 354 g/mol. The number of benzene rings is 1. The number of hydrazine groups is 1. The summed E-state index contributed by atoms with van der Waals surface area (Å²) in [5, 5.41) is 4.96. The molecule has 5 nitrogen and oxygen atoms in total. The Morgan fingerprint density at radius 2 is 2.14 bits per heavy atom. The first kappa shape index (κ1) is 16.5. The van der Waals surface area contributed by atoms with E-state index in [1.54, 1.807) is 6.20 Å². The first-order valence-corrected chi connectivity index (χ1v) is 7.78. The predicted molar refractivity (Wildman–Crippen MR) is 89.1 cm³/mol. The van der Waals surface area contributed by atoms with E-state index in [0.29, 0.717) is 5.02 Å². The maximum atomic E-state index is 6.33. The van der Waals surface area contributed by atoms with Gasteiger partial charge in [0.05, 0.1) is 29.5 Å². The molecule has 2 aromatic rings. The molecule has 114 valence electrons. The van der Waals surface area contributed by atoms with Crippen molar-refractivity contribution < 1.29 is 0 Å². The Labute approximate surface area is 138 Å². The van der Waals surface area contributed by atoms with Crippen LogP contribution in [0.25, 0.3) is 0 Å². The topological polar surface area (TPSA) is 59.1 Å². The summed E-state index contributed by atoms with van der Waals surface area (Å²) in [6.07, 6.45) is 1.66. The summed E-state index contributed by atoms with van der Waals surface area (Å²) < 4.78 is 2.87. The average Bonchev–Trinajstić information content (AvgIpc) is 2.81. The highest BCUT2D eigenvalue weighted by molar-refractivity contribution is 9.10. The Balaban J connectivity index is 2.38. The van der Waals surface area contributed by atoms with Gasteiger partial charge in [0.25, 0.3) is 0 Å². The number of aromatic nitrogens is 2. The van der Waals surface area contributed by atoms with E-state index in [9.17, 15) is 0 Å². The smallest absolute Gasteiger partial charge is 0.0904 e. The number of nitrogens with one attached hydrogen (secondary N) is 1. The Bertz CT molecular complexity index is 599. The van der Waals surface area contributed by atoms with E-state index in [0.717, 1.165) is 28.8 Å². The second-order valence-corrected chi connectivity index (χ2v) is 6.29. The van der Waals surface area contributed by atoms with Crippen molar-refractivity contribution in [3.05, 3.63) is 51.2 Å². The molecule has 0 bridgehead atoms. The monoisotopic (exact) mass is 371 g/mol. The van der Waals surface area contributed by atoms with Crippen molar-refractivity contribution in [3.8, 4) is 0 Å². The lowest BCUT2D eigenvalue weighted by Crippen LogP contribution is -2.32. The van der Waals surface area contributed by atoms with Crippen LogP contribution >= 0.6 is 27.5 Å². The molecule has 1 aromatic carbocycles. The van der Waals surface area contributed by atoms with Crippen LogP contribution in [0.5, 0.6) is 0 Å². The van der Waals surface area contributed by atoms with Crippen LogP contribution < -0.4 is 11.3 Å². The minimum absolute atomic E-state index is 0.224. The van der Waals surface area contributed by atoms with Gasteiger partial charge in [-0.2, -0.15) is 5.10 Å². The Kier molecular flexibility index (Phi) is 5.78. The van der Waals surface area contributed by atoms with Gasteiger partial charge in [-0.25, -0.2) is 5.43 Å². The number of hydrogen-bond acceptors (Lipinski definition) is 4. The van der Waals surface area contributed by atoms with E-state index in [1.807, 2.05) is 43.0 Å². The van der Waals surface area contributed by atoms with Gasteiger partial charge in [0, 0.05) is 11.0 Å². The van der Waals surface area contributed by atoms with Gasteiger partial charge in [-0.15, -0.1) is 0 Å². The second kappa shape index (κ2) is 7.38. The highest BCUT2D eigenvalue weighted by atomic mass is 79.9. The first-order valence-electron chi connectivity index (χ1n) is 6.61. The number of rotatable bonds is 6. The van der Waals surface area contributed by atoms with Crippen molar-refractivity contribution >= 4 is 27.5 Å². The van der Waals surface area contributed by atoms with Crippen LogP contribution in [-0.2, 0) is 6.54 Å². The molecule has 1 unspecified atom stereocenters. The molecule has 0 aliphatic rings. The third kappa shape index (κ3) is 3.84. The van der Waals surface area contributed by atoms with E-state index < -0.39 is 0 Å². The van der Waals surface area contributed by atoms with Crippen LogP contribution in [0.4, 0.5) is 0 Å². The van der Waals surface area contributed by atoms with E-state index in [-0.39, 0.29) is 6.04 Å². The van der Waals surface area contributed by atoms with Gasteiger partial charge in [0.1, 0.15) is 0 Å². The zero-order chi connectivity index (χ0) is 15.4. The van der Waals surface area contributed by atoms with Gasteiger partial charge in [0.2, 0.25) is 0 Å². The largest absolute Gasteiger partial charge is 0.308 e. The molecule has 21 heavy (non-hydrogen) atoms. The third-order valence-electron chi connectivity index (χ3n) is 3.25. The molecule has 3 N–H and O–H groups in total. The normalized spacial score (nSPS) is 12.9. The van der Waals surface area contributed by atoms with Gasteiger partial charge in [-0.1, -0.05) is 45.7 Å². The van der Waals surface area contributed by atoms with Crippen LogP contribution in [0, 0.1) is 0 Å². The molecule has 7 heteroatoms. The third-order valence-corrected chi connectivity index (χ3v) is 4.26. The zero-order valence-corrected chi connectivity index (χ0v) is 14.4. The molecule has 0 spiro atoms. The second-order valence-electron chi connectivity index (χ2n) is 5.03. The highest BCUT2D eigenvalue weighted by Crippen LogP contribution is 2.31. The summed E-state index contributed by atoms with van der Waals surface area (Å²) in [6, 6.07) is 7.70. The van der Waals surface area contributed by atoms with Gasteiger partial charge in [-0.3, -0.25) is 10.5 Å². The fourth-order valence-corrected chi connectivity index (χ4v) is 2.92. The number of nitrogens with two attached hydrogens (primary N) is 1. The molecular formula is C14H19BrClN5. The summed E-state index contributed by atoms with van der Waals surface area (Å²) >= 11 is 9.89. The van der Waals surface area contributed by atoms with Crippen LogP contribution in [0.1, 0.15) is 17.3 Å². The Morgan fingerprint density at radius 3 is 2.76 bits per heavy atom. The van der Waals surface area contributed by atoms with Crippen LogP contribution in [0.2, 0.25) is 5.02 Å². The van der Waals surface area contributed by atoms with E-state index >= 15 is 0 Å². The minimum Gasteiger partial charge on any atom is -0.308 e. The Hall–Kier alpha value is -0.920. The van der Waals surface area contributed by atoms with E-state index in [1.165, 1.54) is 0 Å². The van der Waals surface area contributed by atoms with Crippen molar-refractivity contribution in [1.82, 2.24) is 20.1 Å². The molecule has 0 saturated heterocycles. The molecule has 0 aliphatic carbocycles. The standard InChI is InChI=1S/C14H19BrClN5/c1-20(2)7-8-21-14(12(16)9-18-21)13(19-17)10-5-3-4-6-11(10)15/h3-6,9,13,19H,7-8,17H2,1-2H3.